The van der Waals surface area contributed by atoms with Gasteiger partial charge < -0.3 is 9.84 Å². The van der Waals surface area contributed by atoms with E-state index in [0.29, 0.717) is 6.42 Å². The standard InChI is InChI=1S/C10H16O3/c1-4-6-7-8(9(11)5-2)10(12)13-3/h2,8-9,11H,4,6-7H2,1,3H3/t8-,9-/m0/s1. The summed E-state index contributed by atoms with van der Waals surface area (Å²) in [4.78, 5) is 11.1. The fourth-order valence-corrected chi connectivity index (χ4v) is 1.10. The number of unbranched alkanes of at least 4 members (excludes halogenated alkanes) is 1. The Hall–Kier alpha value is -1.01. The van der Waals surface area contributed by atoms with Crippen LogP contribution in [0.2, 0.25) is 0 Å². The Balaban J connectivity index is 4.20. The first-order chi connectivity index (χ1) is 6.17. The van der Waals surface area contributed by atoms with Gasteiger partial charge in [0, 0.05) is 0 Å². The average Bonchev–Trinajstić information content (AvgIpc) is 2.17. The highest BCUT2D eigenvalue weighted by molar-refractivity contribution is 5.73. The maximum absolute atomic E-state index is 11.1. The van der Waals surface area contributed by atoms with E-state index in [0.717, 1.165) is 12.8 Å². The van der Waals surface area contributed by atoms with Gasteiger partial charge in [0.05, 0.1) is 13.0 Å². The number of aliphatic hydroxyl groups excluding tert-OH is 1. The molecule has 3 heteroatoms. The SMILES string of the molecule is C#C[C@H](O)[C@H](CCCC)C(=O)OC. The number of hydrogen-bond donors (Lipinski definition) is 1. The lowest BCUT2D eigenvalue weighted by molar-refractivity contribution is -0.148. The molecule has 0 saturated heterocycles. The van der Waals surface area contributed by atoms with Gasteiger partial charge >= 0.3 is 5.97 Å². The predicted octanol–water partition coefficient (Wildman–Crippen LogP) is 0.960. The van der Waals surface area contributed by atoms with Crippen molar-refractivity contribution in [3.05, 3.63) is 0 Å². The molecule has 0 aromatic heterocycles. The van der Waals surface area contributed by atoms with Crippen LogP contribution >= 0.6 is 0 Å². The van der Waals surface area contributed by atoms with Gasteiger partial charge in [0.25, 0.3) is 0 Å². The number of ether oxygens (including phenoxy) is 1. The van der Waals surface area contributed by atoms with Crippen LogP contribution in [0, 0.1) is 18.3 Å². The smallest absolute Gasteiger partial charge is 0.312 e. The molecule has 0 saturated carbocycles. The van der Waals surface area contributed by atoms with Crippen molar-refractivity contribution >= 4 is 5.97 Å². The highest BCUT2D eigenvalue weighted by Crippen LogP contribution is 2.14. The molecular formula is C10H16O3. The zero-order valence-electron chi connectivity index (χ0n) is 8.12. The number of aliphatic hydroxyl groups is 1. The first kappa shape index (κ1) is 12.0. The van der Waals surface area contributed by atoms with E-state index < -0.39 is 18.0 Å². The number of carbonyl (C=O) groups is 1. The second-order valence-corrected chi connectivity index (χ2v) is 2.88. The summed E-state index contributed by atoms with van der Waals surface area (Å²) >= 11 is 0. The van der Waals surface area contributed by atoms with E-state index in [1.165, 1.54) is 7.11 Å². The fourth-order valence-electron chi connectivity index (χ4n) is 1.10. The molecule has 0 fully saturated rings. The van der Waals surface area contributed by atoms with Crippen LogP contribution in [0.4, 0.5) is 0 Å². The van der Waals surface area contributed by atoms with Crippen molar-refractivity contribution in [2.24, 2.45) is 5.92 Å². The van der Waals surface area contributed by atoms with E-state index in [-0.39, 0.29) is 0 Å². The highest BCUT2D eigenvalue weighted by atomic mass is 16.5. The molecule has 0 rings (SSSR count). The number of esters is 1. The Morgan fingerprint density at radius 1 is 1.69 bits per heavy atom. The van der Waals surface area contributed by atoms with Gasteiger partial charge in [0.2, 0.25) is 0 Å². The molecule has 0 aromatic carbocycles. The van der Waals surface area contributed by atoms with Crippen molar-refractivity contribution in [2.75, 3.05) is 7.11 Å². The van der Waals surface area contributed by atoms with Crippen LogP contribution in [0.15, 0.2) is 0 Å². The molecule has 2 atom stereocenters. The van der Waals surface area contributed by atoms with E-state index >= 15 is 0 Å². The Kier molecular flexibility index (Phi) is 5.99. The Labute approximate surface area is 79.1 Å². The number of carbonyl (C=O) groups excluding carboxylic acids is 1. The lowest BCUT2D eigenvalue weighted by Gasteiger charge is -2.15. The largest absolute Gasteiger partial charge is 0.469 e. The number of hydrogen-bond acceptors (Lipinski definition) is 3. The third-order valence-corrected chi connectivity index (χ3v) is 1.92. The van der Waals surface area contributed by atoms with Gasteiger partial charge in [-0.3, -0.25) is 4.79 Å². The Morgan fingerprint density at radius 3 is 2.69 bits per heavy atom. The summed E-state index contributed by atoms with van der Waals surface area (Å²) < 4.78 is 4.54. The molecule has 0 aliphatic carbocycles. The third kappa shape index (κ3) is 3.95. The van der Waals surface area contributed by atoms with Gasteiger partial charge in [-0.25, -0.2) is 0 Å². The first-order valence-electron chi connectivity index (χ1n) is 4.39. The Bertz CT molecular complexity index is 193. The first-order valence-corrected chi connectivity index (χ1v) is 4.39. The maximum atomic E-state index is 11.1. The van der Waals surface area contributed by atoms with Gasteiger partial charge in [-0.2, -0.15) is 0 Å². The molecule has 0 aliphatic rings. The fraction of sp³-hybridized carbons (Fsp3) is 0.700. The normalized spacial score (nSPS) is 14.3. The minimum atomic E-state index is -1.03. The van der Waals surface area contributed by atoms with E-state index in [1.54, 1.807) is 0 Å². The summed E-state index contributed by atoms with van der Waals surface area (Å²) in [6.07, 6.45) is 6.40. The molecule has 0 aromatic rings. The molecule has 13 heavy (non-hydrogen) atoms. The number of terminal acetylenes is 1. The van der Waals surface area contributed by atoms with Crippen LogP contribution in [0.1, 0.15) is 26.2 Å². The van der Waals surface area contributed by atoms with Gasteiger partial charge in [-0.05, 0) is 6.42 Å². The number of methoxy groups -OCH3 is 1. The van der Waals surface area contributed by atoms with Crippen LogP contribution in [-0.2, 0) is 9.53 Å². The topological polar surface area (TPSA) is 46.5 Å². The van der Waals surface area contributed by atoms with Crippen molar-refractivity contribution in [2.45, 2.75) is 32.3 Å². The van der Waals surface area contributed by atoms with Crippen molar-refractivity contribution < 1.29 is 14.6 Å². The summed E-state index contributed by atoms with van der Waals surface area (Å²) in [6, 6.07) is 0. The molecule has 0 unspecified atom stereocenters. The summed E-state index contributed by atoms with van der Waals surface area (Å²) in [5.41, 5.74) is 0. The molecule has 0 heterocycles. The predicted molar refractivity (Wildman–Crippen MR) is 49.9 cm³/mol. The minimum absolute atomic E-state index is 0.432. The molecular weight excluding hydrogens is 168 g/mol. The van der Waals surface area contributed by atoms with E-state index in [2.05, 4.69) is 10.7 Å². The average molecular weight is 184 g/mol. The zero-order chi connectivity index (χ0) is 10.3. The van der Waals surface area contributed by atoms with Gasteiger partial charge in [0.1, 0.15) is 6.10 Å². The van der Waals surface area contributed by atoms with Gasteiger partial charge in [-0.1, -0.05) is 25.7 Å². The second-order valence-electron chi connectivity index (χ2n) is 2.88. The van der Waals surface area contributed by atoms with Crippen LogP contribution in [0.5, 0.6) is 0 Å². The summed E-state index contributed by atoms with van der Waals surface area (Å²) in [5.74, 6) is 1.14. The minimum Gasteiger partial charge on any atom is -0.469 e. The Morgan fingerprint density at radius 2 is 2.31 bits per heavy atom. The van der Waals surface area contributed by atoms with E-state index in [4.69, 9.17) is 6.42 Å². The van der Waals surface area contributed by atoms with Gasteiger partial charge in [-0.15, -0.1) is 6.42 Å². The molecule has 3 nitrogen and oxygen atoms in total. The summed E-state index contributed by atoms with van der Waals surface area (Å²) in [7, 11) is 1.30. The van der Waals surface area contributed by atoms with Crippen LogP contribution < -0.4 is 0 Å². The van der Waals surface area contributed by atoms with E-state index in [1.807, 2.05) is 6.92 Å². The molecule has 74 valence electrons. The molecule has 1 N–H and O–H groups in total. The summed E-state index contributed by atoms with van der Waals surface area (Å²) in [5, 5.41) is 9.31. The lowest BCUT2D eigenvalue weighted by Crippen LogP contribution is -2.28. The van der Waals surface area contributed by atoms with Crippen LogP contribution in [-0.4, -0.2) is 24.3 Å². The van der Waals surface area contributed by atoms with Crippen LogP contribution in [0.25, 0.3) is 0 Å². The monoisotopic (exact) mass is 184 g/mol. The van der Waals surface area contributed by atoms with E-state index in [9.17, 15) is 9.90 Å². The van der Waals surface area contributed by atoms with Crippen molar-refractivity contribution in [3.8, 4) is 12.3 Å². The molecule has 0 spiro atoms. The zero-order valence-corrected chi connectivity index (χ0v) is 8.12. The molecule has 0 bridgehead atoms. The quantitative estimate of drug-likeness (QED) is 0.511. The molecule has 0 aliphatic heterocycles. The number of rotatable bonds is 5. The second kappa shape index (κ2) is 6.50. The van der Waals surface area contributed by atoms with Gasteiger partial charge in [0.15, 0.2) is 0 Å². The third-order valence-electron chi connectivity index (χ3n) is 1.92. The lowest BCUT2D eigenvalue weighted by atomic mass is 9.96. The van der Waals surface area contributed by atoms with Crippen molar-refractivity contribution in [3.63, 3.8) is 0 Å². The molecule has 0 radical (unpaired) electrons. The van der Waals surface area contributed by atoms with Crippen molar-refractivity contribution in [1.29, 1.82) is 0 Å². The van der Waals surface area contributed by atoms with Crippen LogP contribution in [0.3, 0.4) is 0 Å². The molecule has 0 amide bonds. The maximum Gasteiger partial charge on any atom is 0.312 e. The summed E-state index contributed by atoms with van der Waals surface area (Å²) in [6.45, 7) is 2.01. The highest BCUT2D eigenvalue weighted by Gasteiger charge is 2.25. The van der Waals surface area contributed by atoms with Crippen molar-refractivity contribution in [1.82, 2.24) is 0 Å².